The van der Waals surface area contributed by atoms with Gasteiger partial charge in [0.15, 0.2) is 17.3 Å². The highest BCUT2D eigenvalue weighted by Crippen LogP contribution is 2.32. The molecular weight excluding hydrogens is 428 g/mol. The monoisotopic (exact) mass is 446 g/mol. The first-order valence-corrected chi connectivity index (χ1v) is 9.14. The van der Waals surface area contributed by atoms with Gasteiger partial charge in [-0.2, -0.15) is 0 Å². The molecule has 146 valence electrons. The minimum atomic E-state index is -0.249. The van der Waals surface area contributed by atoms with Crippen molar-refractivity contribution in [3.63, 3.8) is 0 Å². The number of halogens is 1. The van der Waals surface area contributed by atoms with E-state index in [0.717, 1.165) is 5.56 Å². The molecule has 1 amide bonds. The van der Waals surface area contributed by atoms with Gasteiger partial charge in [0.25, 0.3) is 5.91 Å². The molecule has 0 fully saturated rings. The van der Waals surface area contributed by atoms with Crippen molar-refractivity contribution in [3.8, 4) is 28.6 Å². The molecule has 0 radical (unpaired) electrons. The smallest absolute Gasteiger partial charge is 0.252 e. The molecule has 0 spiro atoms. The van der Waals surface area contributed by atoms with Crippen LogP contribution in [0.15, 0.2) is 51.5 Å². The lowest BCUT2D eigenvalue weighted by atomic mass is 10.1. The summed E-state index contributed by atoms with van der Waals surface area (Å²) < 4.78 is 21.8. The molecule has 3 rings (SSSR count). The topological polar surface area (TPSA) is 82.8 Å². The number of carbonyl (C=O) groups excluding carboxylic acids is 1. The molecule has 0 unspecified atom stereocenters. The highest BCUT2D eigenvalue weighted by Gasteiger charge is 2.14. The Morgan fingerprint density at radius 1 is 1.04 bits per heavy atom. The lowest BCUT2D eigenvalue weighted by molar-refractivity contribution is 0.0949. The van der Waals surface area contributed by atoms with E-state index in [1.54, 1.807) is 57.7 Å². The molecule has 8 heteroatoms. The van der Waals surface area contributed by atoms with Gasteiger partial charge in [0, 0.05) is 16.1 Å². The maximum absolute atomic E-state index is 12.5. The summed E-state index contributed by atoms with van der Waals surface area (Å²) in [5.41, 5.74) is 1.86. The summed E-state index contributed by atoms with van der Waals surface area (Å²) in [5, 5.41) is 6.84. The van der Waals surface area contributed by atoms with E-state index in [1.807, 2.05) is 6.07 Å². The van der Waals surface area contributed by atoms with E-state index in [1.165, 1.54) is 0 Å². The minimum absolute atomic E-state index is 0.222. The summed E-state index contributed by atoms with van der Waals surface area (Å²) in [5.74, 6) is 2.14. The van der Waals surface area contributed by atoms with E-state index >= 15 is 0 Å². The Kier molecular flexibility index (Phi) is 6.20. The summed E-state index contributed by atoms with van der Waals surface area (Å²) >= 11 is 3.37. The normalized spacial score (nSPS) is 10.4. The van der Waals surface area contributed by atoms with E-state index in [2.05, 4.69) is 26.4 Å². The van der Waals surface area contributed by atoms with Crippen LogP contribution in [-0.2, 0) is 6.54 Å². The van der Waals surface area contributed by atoms with Gasteiger partial charge in [-0.05, 0) is 52.3 Å². The van der Waals surface area contributed by atoms with Crippen molar-refractivity contribution in [2.45, 2.75) is 6.54 Å². The molecule has 28 heavy (non-hydrogen) atoms. The molecule has 0 aliphatic heterocycles. The Bertz CT molecular complexity index is 986. The van der Waals surface area contributed by atoms with Crippen molar-refractivity contribution in [3.05, 3.63) is 58.2 Å². The molecule has 3 aromatic rings. The molecule has 7 nitrogen and oxygen atoms in total. The molecule has 0 aliphatic carbocycles. The number of aromatic nitrogens is 1. The SMILES string of the molecule is COc1ccc(Br)c(C(=O)NCc2cc(-c3ccc(OC)c(OC)c3)on2)c1. The number of carbonyl (C=O) groups is 1. The first-order valence-electron chi connectivity index (χ1n) is 8.35. The fourth-order valence-corrected chi connectivity index (χ4v) is 3.02. The Balaban J connectivity index is 1.71. The number of nitrogens with zero attached hydrogens (tertiary/aromatic N) is 1. The van der Waals surface area contributed by atoms with Gasteiger partial charge in [-0.25, -0.2) is 0 Å². The number of amides is 1. The number of hydrogen-bond acceptors (Lipinski definition) is 6. The van der Waals surface area contributed by atoms with Gasteiger partial charge in [-0.1, -0.05) is 5.16 Å². The quantitative estimate of drug-likeness (QED) is 0.588. The number of ether oxygens (including phenoxy) is 3. The number of methoxy groups -OCH3 is 3. The van der Waals surface area contributed by atoms with E-state index in [-0.39, 0.29) is 12.5 Å². The molecule has 0 bridgehead atoms. The molecule has 1 heterocycles. The molecule has 0 saturated carbocycles. The van der Waals surface area contributed by atoms with Gasteiger partial charge in [0.1, 0.15) is 11.4 Å². The van der Waals surface area contributed by atoms with Crippen LogP contribution in [0, 0.1) is 0 Å². The van der Waals surface area contributed by atoms with Gasteiger partial charge in [0.2, 0.25) is 0 Å². The summed E-state index contributed by atoms with van der Waals surface area (Å²) in [6, 6.07) is 12.4. The van der Waals surface area contributed by atoms with Crippen LogP contribution >= 0.6 is 15.9 Å². The van der Waals surface area contributed by atoms with Crippen LogP contribution in [0.2, 0.25) is 0 Å². The minimum Gasteiger partial charge on any atom is -0.497 e. The maximum atomic E-state index is 12.5. The summed E-state index contributed by atoms with van der Waals surface area (Å²) in [6.07, 6.45) is 0. The summed E-state index contributed by atoms with van der Waals surface area (Å²) in [7, 11) is 4.70. The second-order valence-corrected chi connectivity index (χ2v) is 6.64. The lowest BCUT2D eigenvalue weighted by Gasteiger charge is -2.08. The summed E-state index contributed by atoms with van der Waals surface area (Å²) in [6.45, 7) is 0.222. The van der Waals surface area contributed by atoms with Gasteiger partial charge in [0.05, 0.1) is 33.4 Å². The predicted octanol–water partition coefficient (Wildman–Crippen LogP) is 4.06. The summed E-state index contributed by atoms with van der Waals surface area (Å²) in [4.78, 5) is 12.5. The molecule has 1 N–H and O–H groups in total. The second kappa shape index (κ2) is 8.79. The number of benzene rings is 2. The molecule has 0 saturated heterocycles. The molecule has 2 aromatic carbocycles. The third kappa shape index (κ3) is 4.28. The van der Waals surface area contributed by atoms with Crippen molar-refractivity contribution in [2.24, 2.45) is 0 Å². The van der Waals surface area contributed by atoms with Gasteiger partial charge >= 0.3 is 0 Å². The number of rotatable bonds is 7. The Labute approximate surface area is 170 Å². The van der Waals surface area contributed by atoms with Gasteiger partial charge in [-0.3, -0.25) is 4.79 Å². The van der Waals surface area contributed by atoms with Crippen LogP contribution in [0.1, 0.15) is 16.1 Å². The third-order valence-electron chi connectivity index (χ3n) is 4.08. The molecular formula is C20H19BrN2O5. The van der Waals surface area contributed by atoms with E-state index in [0.29, 0.717) is 38.7 Å². The fraction of sp³-hybridized carbons (Fsp3) is 0.200. The Morgan fingerprint density at radius 3 is 2.54 bits per heavy atom. The van der Waals surface area contributed by atoms with Crippen LogP contribution in [0.25, 0.3) is 11.3 Å². The zero-order valence-electron chi connectivity index (χ0n) is 15.6. The van der Waals surface area contributed by atoms with E-state index < -0.39 is 0 Å². The third-order valence-corrected chi connectivity index (χ3v) is 4.77. The zero-order chi connectivity index (χ0) is 20.1. The number of nitrogens with one attached hydrogen (secondary N) is 1. The van der Waals surface area contributed by atoms with Crippen molar-refractivity contribution in [1.29, 1.82) is 0 Å². The van der Waals surface area contributed by atoms with E-state index in [4.69, 9.17) is 18.7 Å². The fourth-order valence-electron chi connectivity index (χ4n) is 2.59. The highest BCUT2D eigenvalue weighted by molar-refractivity contribution is 9.10. The van der Waals surface area contributed by atoms with Crippen LogP contribution in [0.5, 0.6) is 17.2 Å². The number of hydrogen-bond donors (Lipinski definition) is 1. The first kappa shape index (κ1) is 19.8. The standard InChI is InChI=1S/C20H19BrN2O5/c1-25-14-5-6-16(21)15(10-14)20(24)22-11-13-9-18(28-23-13)12-4-7-17(26-2)19(8-12)27-3/h4-10H,11H2,1-3H3,(H,22,24). The molecule has 1 aromatic heterocycles. The van der Waals surface area contributed by atoms with Crippen molar-refractivity contribution < 1.29 is 23.5 Å². The van der Waals surface area contributed by atoms with Crippen LogP contribution in [0.3, 0.4) is 0 Å². The zero-order valence-corrected chi connectivity index (χ0v) is 17.2. The van der Waals surface area contributed by atoms with Crippen molar-refractivity contribution in [2.75, 3.05) is 21.3 Å². The van der Waals surface area contributed by atoms with Crippen molar-refractivity contribution in [1.82, 2.24) is 10.5 Å². The van der Waals surface area contributed by atoms with E-state index in [9.17, 15) is 4.79 Å². The average molecular weight is 447 g/mol. The average Bonchev–Trinajstić information content (AvgIpc) is 3.21. The lowest BCUT2D eigenvalue weighted by Crippen LogP contribution is -2.23. The van der Waals surface area contributed by atoms with Crippen molar-refractivity contribution >= 4 is 21.8 Å². The molecule has 0 aliphatic rings. The Hall–Kier alpha value is -3.00. The molecule has 0 atom stereocenters. The first-order chi connectivity index (χ1) is 13.5. The van der Waals surface area contributed by atoms with Gasteiger partial charge < -0.3 is 24.1 Å². The predicted molar refractivity (Wildman–Crippen MR) is 107 cm³/mol. The van der Waals surface area contributed by atoms with Crippen LogP contribution < -0.4 is 19.5 Å². The van der Waals surface area contributed by atoms with Gasteiger partial charge in [-0.15, -0.1) is 0 Å². The van der Waals surface area contributed by atoms with Crippen LogP contribution in [0.4, 0.5) is 0 Å². The maximum Gasteiger partial charge on any atom is 0.252 e. The second-order valence-electron chi connectivity index (χ2n) is 5.78. The van der Waals surface area contributed by atoms with Crippen LogP contribution in [-0.4, -0.2) is 32.4 Å². The Morgan fingerprint density at radius 2 is 1.82 bits per heavy atom. The highest BCUT2D eigenvalue weighted by atomic mass is 79.9. The largest absolute Gasteiger partial charge is 0.497 e.